The number of furan rings is 2. The van der Waals surface area contributed by atoms with Gasteiger partial charge in [0.25, 0.3) is 0 Å². The SMILES string of the molecule is CC(C)c1ccc(N(c2ccccc2)c2ccc3c4c2-c2ccccc2C4c2cc4c5ccc(N(c6ccccc6)c6ccc(C(C)C)cc6)c6c7ccccc7n(c4cc2-3)c56)cc1.Cc1ccccc1N(c1ccc2ccc3c(N(c4ccccc4C)c4cccc5c4oc4c(C(C)(C)C)cccc45)ccc4ccc1c2c43)c1cccc2c1oc1c(C(C)(C)C)cccc12. The van der Waals surface area contributed by atoms with Gasteiger partial charge in [-0.25, -0.2) is 0 Å². The number of rotatable bonds is 14. The average molecular weight is 1680 g/mol. The highest BCUT2D eigenvalue weighted by Gasteiger charge is 2.43. The molecule has 0 aliphatic heterocycles. The molecule has 23 aromatic rings. The van der Waals surface area contributed by atoms with Gasteiger partial charge in [-0.1, -0.05) is 318 Å². The maximum absolute atomic E-state index is 7.08. The van der Waals surface area contributed by atoms with Crippen molar-refractivity contribution in [1.82, 2.24) is 4.40 Å². The number of anilines is 12. The van der Waals surface area contributed by atoms with Crippen molar-refractivity contribution in [2.24, 2.45) is 0 Å². The van der Waals surface area contributed by atoms with Crippen molar-refractivity contribution in [3.8, 4) is 22.3 Å². The van der Waals surface area contributed by atoms with Crippen LogP contribution in [0.3, 0.4) is 0 Å². The number of para-hydroxylation sites is 9. The van der Waals surface area contributed by atoms with E-state index >= 15 is 0 Å². The standard InChI is InChI=1S/C62H52N2O2.C61H47N3/c1-37-17-9-11-25-49(37)63(53-27-15-21-43-41-19-13-23-47(61(3,4)5)57(41)65-59(43)53)51-35-31-39-30-34-46-52(36-32-40-29-33-45(51)55(39)56(40)46)64(50-26-12-10-18-38(50)2)54-28-16-22-44-42-20-14-24-48(62(6,7)8)58(42)66-60(44)54;1-37(2)39-23-27-43(28-24-39)62(41-15-7-5-8-16-41)54-33-31-47-50-36-56-51(35-52(50)57-45-19-11-12-20-46(45)58(54)60(47)57)48-32-34-55(59-49-21-13-14-22-53(49)64(56)61(48)59)63(42-17-9-6-10-18-42)44-29-25-40(26-30-44)38(3)4/h9-36H,1-8H3;5-38,57H,1-4H3. The molecule has 4 heterocycles. The minimum atomic E-state index is -0.0860. The molecule has 0 saturated carbocycles. The number of aromatic nitrogens is 1. The molecule has 1 atom stereocenters. The molecule has 628 valence electrons. The largest absolute Gasteiger partial charge is 0.454 e. The van der Waals surface area contributed by atoms with Crippen LogP contribution in [0.15, 0.2) is 373 Å². The Balaban J connectivity index is 0.000000144. The van der Waals surface area contributed by atoms with Crippen molar-refractivity contribution >= 4 is 183 Å². The molecule has 1 unspecified atom stereocenters. The Kier molecular flexibility index (Phi) is 17.9. The topological polar surface area (TPSA) is 43.7 Å². The molecule has 0 N–H and O–H groups in total. The third-order valence-corrected chi connectivity index (χ3v) is 28.2. The highest BCUT2D eigenvalue weighted by atomic mass is 16.3. The Hall–Kier alpha value is -15.2. The van der Waals surface area contributed by atoms with Gasteiger partial charge in [0.05, 0.1) is 50.7 Å². The van der Waals surface area contributed by atoms with Gasteiger partial charge in [0, 0.05) is 111 Å². The quantitative estimate of drug-likeness (QED) is 0.101. The lowest BCUT2D eigenvalue weighted by Crippen LogP contribution is -2.13. The summed E-state index contributed by atoms with van der Waals surface area (Å²) in [5.41, 5.74) is 37.7. The number of aryl methyl sites for hydroxylation is 2. The van der Waals surface area contributed by atoms with Gasteiger partial charge in [-0.15, -0.1) is 0 Å². The van der Waals surface area contributed by atoms with Crippen molar-refractivity contribution < 1.29 is 8.83 Å². The molecule has 0 fully saturated rings. The number of fused-ring (bicyclic) bond motifs is 18. The van der Waals surface area contributed by atoms with E-state index < -0.39 is 0 Å². The van der Waals surface area contributed by atoms with E-state index in [1.807, 2.05) is 0 Å². The lowest BCUT2D eigenvalue weighted by Gasteiger charge is -2.30. The number of hydrogen-bond donors (Lipinski definition) is 0. The van der Waals surface area contributed by atoms with Crippen LogP contribution in [0.2, 0.25) is 0 Å². The fourth-order valence-electron chi connectivity index (χ4n) is 22.0. The molecule has 0 amide bonds. The van der Waals surface area contributed by atoms with E-state index in [2.05, 4.69) is 471 Å². The molecule has 0 spiro atoms. The Morgan fingerprint density at radius 1 is 0.277 bits per heavy atom. The summed E-state index contributed by atoms with van der Waals surface area (Å²) < 4.78 is 16.7. The Morgan fingerprint density at radius 2 is 0.700 bits per heavy atom. The summed E-state index contributed by atoms with van der Waals surface area (Å²) in [5, 5.41) is 16.8. The summed E-state index contributed by atoms with van der Waals surface area (Å²) in [6.07, 6.45) is 0. The minimum Gasteiger partial charge on any atom is -0.454 e. The summed E-state index contributed by atoms with van der Waals surface area (Å²) in [7, 11) is 0. The van der Waals surface area contributed by atoms with E-state index in [1.165, 1.54) is 160 Å². The van der Waals surface area contributed by atoms with Crippen molar-refractivity contribution in [2.45, 2.75) is 112 Å². The molecule has 25 rings (SSSR count). The average Bonchev–Trinajstić information content (AvgIpc) is 1.50. The van der Waals surface area contributed by atoms with Gasteiger partial charge >= 0.3 is 0 Å². The van der Waals surface area contributed by atoms with Gasteiger partial charge in [0.2, 0.25) is 0 Å². The predicted molar refractivity (Wildman–Crippen MR) is 551 cm³/mol. The first kappa shape index (κ1) is 78.3. The van der Waals surface area contributed by atoms with E-state index in [0.717, 1.165) is 95.1 Å². The van der Waals surface area contributed by atoms with Crippen molar-refractivity contribution in [2.75, 3.05) is 19.6 Å². The molecule has 0 saturated heterocycles. The molecule has 0 bridgehead atoms. The summed E-state index contributed by atoms with van der Waals surface area (Å²) in [6.45, 7) is 27.0. The Morgan fingerprint density at radius 3 is 1.22 bits per heavy atom. The van der Waals surface area contributed by atoms with Crippen LogP contribution in [0.4, 0.5) is 68.2 Å². The fraction of sp³-hybridized carbons (Fsp3) is 0.138. The third kappa shape index (κ3) is 12.0. The van der Waals surface area contributed by atoms with Gasteiger partial charge in [0.1, 0.15) is 11.2 Å². The molecule has 19 aromatic carbocycles. The molecule has 0 radical (unpaired) electrons. The second-order valence-electron chi connectivity index (χ2n) is 38.7. The molecule has 7 heteroatoms. The Bertz CT molecular complexity index is 8230. The smallest absolute Gasteiger partial charge is 0.159 e. The molecule has 7 nitrogen and oxygen atoms in total. The molecular weight excluding hydrogens is 1580 g/mol. The number of hydrogen-bond acceptors (Lipinski definition) is 6. The fourth-order valence-corrected chi connectivity index (χ4v) is 22.0. The van der Waals surface area contributed by atoms with Crippen molar-refractivity contribution in [1.29, 1.82) is 0 Å². The van der Waals surface area contributed by atoms with Crippen LogP contribution < -0.4 is 19.6 Å². The Labute approximate surface area is 758 Å². The van der Waals surface area contributed by atoms with Crippen LogP contribution in [-0.4, -0.2) is 4.40 Å². The summed E-state index contributed by atoms with van der Waals surface area (Å²) in [6, 6.07) is 135. The zero-order valence-corrected chi connectivity index (χ0v) is 75.4. The molecule has 2 aliphatic rings. The normalized spacial score (nSPS) is 13.1. The van der Waals surface area contributed by atoms with Gasteiger partial charge in [0.15, 0.2) is 11.2 Å². The molecule has 2 aliphatic carbocycles. The first-order valence-corrected chi connectivity index (χ1v) is 46.0. The zero-order valence-electron chi connectivity index (χ0n) is 75.4. The first-order chi connectivity index (χ1) is 63.3. The number of benzene rings is 19. The zero-order chi connectivity index (χ0) is 88.0. The van der Waals surface area contributed by atoms with Crippen LogP contribution in [0, 0.1) is 13.8 Å². The lowest BCUT2D eigenvalue weighted by atomic mass is 9.86. The van der Waals surface area contributed by atoms with Crippen LogP contribution in [0.1, 0.15) is 137 Å². The van der Waals surface area contributed by atoms with Gasteiger partial charge in [-0.3, -0.25) is 0 Å². The maximum Gasteiger partial charge on any atom is 0.159 e. The van der Waals surface area contributed by atoms with Crippen molar-refractivity contribution in [3.05, 3.63) is 414 Å². The van der Waals surface area contributed by atoms with Crippen LogP contribution >= 0.6 is 0 Å². The first-order valence-electron chi connectivity index (χ1n) is 46.0. The number of nitrogens with zero attached hydrogens (tertiary/aromatic N) is 5. The second-order valence-corrected chi connectivity index (χ2v) is 38.7. The van der Waals surface area contributed by atoms with E-state index in [1.54, 1.807) is 0 Å². The van der Waals surface area contributed by atoms with Crippen LogP contribution in [0.25, 0.3) is 137 Å². The molecule has 4 aromatic heterocycles. The monoisotopic (exact) mass is 1680 g/mol. The van der Waals surface area contributed by atoms with Crippen LogP contribution in [0.5, 0.6) is 0 Å². The lowest BCUT2D eigenvalue weighted by molar-refractivity contribution is 0.572. The van der Waals surface area contributed by atoms with Gasteiger partial charge in [-0.05, 0) is 229 Å². The van der Waals surface area contributed by atoms with E-state index in [9.17, 15) is 0 Å². The highest BCUT2D eigenvalue weighted by molar-refractivity contribution is 6.31. The van der Waals surface area contributed by atoms with E-state index in [0.29, 0.717) is 11.8 Å². The predicted octanol–water partition coefficient (Wildman–Crippen LogP) is 35.7. The molecule has 130 heavy (non-hydrogen) atoms. The maximum atomic E-state index is 7.08. The van der Waals surface area contributed by atoms with Gasteiger partial charge in [-0.2, -0.15) is 0 Å². The third-order valence-electron chi connectivity index (χ3n) is 28.2. The molecular formula is C123H99N5O2. The van der Waals surface area contributed by atoms with Gasteiger partial charge < -0.3 is 32.8 Å². The minimum absolute atomic E-state index is 0.0860. The summed E-state index contributed by atoms with van der Waals surface area (Å²) >= 11 is 0. The highest BCUT2D eigenvalue weighted by Crippen LogP contribution is 2.63. The van der Waals surface area contributed by atoms with Crippen LogP contribution in [-0.2, 0) is 10.8 Å². The summed E-state index contributed by atoms with van der Waals surface area (Å²) in [5.74, 6) is 1.08. The summed E-state index contributed by atoms with van der Waals surface area (Å²) in [4.78, 5) is 9.77. The van der Waals surface area contributed by atoms with E-state index in [4.69, 9.17) is 8.83 Å². The van der Waals surface area contributed by atoms with Crippen molar-refractivity contribution in [3.63, 3.8) is 0 Å². The second kappa shape index (κ2) is 29.7. The van der Waals surface area contributed by atoms with E-state index in [-0.39, 0.29) is 16.7 Å².